The summed E-state index contributed by atoms with van der Waals surface area (Å²) in [5, 5.41) is 13.0. The lowest BCUT2D eigenvalue weighted by Crippen LogP contribution is -2.29. The van der Waals surface area contributed by atoms with E-state index in [2.05, 4.69) is 12.1 Å². The number of nitrogens with zero attached hydrogens (tertiary/aromatic N) is 1. The van der Waals surface area contributed by atoms with Crippen molar-refractivity contribution in [2.24, 2.45) is 5.18 Å². The fourth-order valence-corrected chi connectivity index (χ4v) is 3.85. The predicted molar refractivity (Wildman–Crippen MR) is 106 cm³/mol. The van der Waals surface area contributed by atoms with Crippen LogP contribution in [0.15, 0.2) is 29.4 Å². The van der Waals surface area contributed by atoms with Crippen molar-refractivity contribution in [2.45, 2.75) is 59.0 Å². The summed E-state index contributed by atoms with van der Waals surface area (Å²) in [6.45, 7) is 8.00. The lowest BCUT2D eigenvalue weighted by atomic mass is 9.82. The molecule has 0 bridgehead atoms. The number of aromatic carboxylic acids is 1. The Bertz CT molecular complexity index is 915. The van der Waals surface area contributed by atoms with Gasteiger partial charge in [0.15, 0.2) is 0 Å². The molecule has 0 saturated carbocycles. The Morgan fingerprint density at radius 2 is 1.96 bits per heavy atom. The minimum absolute atomic E-state index is 0.00406. The number of carbonyl (C=O) groups is 1. The normalized spacial score (nSPS) is 14.1. The van der Waals surface area contributed by atoms with Gasteiger partial charge in [0.25, 0.3) is 0 Å². The second-order valence-electron chi connectivity index (χ2n) is 7.65. The molecular formula is C22H25NO4. The molecule has 5 heteroatoms. The number of hydrogen-bond acceptors (Lipinski definition) is 4. The third kappa shape index (κ3) is 3.34. The number of carboxylic acid groups (broad SMARTS) is 1. The van der Waals surface area contributed by atoms with Crippen LogP contribution in [0.3, 0.4) is 0 Å². The number of aryl methyl sites for hydroxylation is 2. The molecule has 0 aromatic heterocycles. The van der Waals surface area contributed by atoms with Crippen LogP contribution in [0.25, 0.3) is 11.1 Å². The summed E-state index contributed by atoms with van der Waals surface area (Å²) in [6.07, 6.45) is 3.46. The molecule has 5 nitrogen and oxygen atoms in total. The first-order chi connectivity index (χ1) is 12.8. The first-order valence-electron chi connectivity index (χ1n) is 9.37. The van der Waals surface area contributed by atoms with Crippen molar-refractivity contribution in [2.75, 3.05) is 0 Å². The van der Waals surface area contributed by atoms with E-state index in [1.54, 1.807) is 6.07 Å². The van der Waals surface area contributed by atoms with Crippen molar-refractivity contribution in [1.82, 2.24) is 0 Å². The zero-order valence-electron chi connectivity index (χ0n) is 16.3. The van der Waals surface area contributed by atoms with Crippen molar-refractivity contribution in [1.29, 1.82) is 0 Å². The number of carboxylic acids is 1. The summed E-state index contributed by atoms with van der Waals surface area (Å²) in [5.74, 6) is -0.595. The minimum Gasteiger partial charge on any atom is -0.482 e. The van der Waals surface area contributed by atoms with E-state index >= 15 is 0 Å². The van der Waals surface area contributed by atoms with E-state index in [1.165, 1.54) is 0 Å². The van der Waals surface area contributed by atoms with E-state index in [9.17, 15) is 14.8 Å². The van der Waals surface area contributed by atoms with Crippen molar-refractivity contribution in [3.63, 3.8) is 0 Å². The van der Waals surface area contributed by atoms with Gasteiger partial charge in [-0.2, -0.15) is 0 Å². The zero-order chi connectivity index (χ0) is 19.8. The predicted octanol–water partition coefficient (Wildman–Crippen LogP) is 6.12. The van der Waals surface area contributed by atoms with Crippen LogP contribution in [0.5, 0.6) is 5.75 Å². The summed E-state index contributed by atoms with van der Waals surface area (Å²) < 4.78 is 6.22. The summed E-state index contributed by atoms with van der Waals surface area (Å²) >= 11 is 0. The SMILES string of the molecule is CCCCCc1cc2c(c(N=O)c1C(=O)O)-c1cc(C)ccc1C(C)(C)O2. The van der Waals surface area contributed by atoms with E-state index in [0.29, 0.717) is 23.3 Å². The monoisotopic (exact) mass is 367 g/mol. The summed E-state index contributed by atoms with van der Waals surface area (Å²) in [7, 11) is 0. The fraction of sp³-hybridized carbons (Fsp3) is 0.409. The van der Waals surface area contributed by atoms with Crippen molar-refractivity contribution in [3.8, 4) is 16.9 Å². The van der Waals surface area contributed by atoms with Crippen LogP contribution in [-0.4, -0.2) is 11.1 Å². The number of nitroso groups, excluding NO2 is 1. The van der Waals surface area contributed by atoms with E-state index in [4.69, 9.17) is 4.74 Å². The van der Waals surface area contributed by atoms with E-state index in [1.807, 2.05) is 39.0 Å². The maximum absolute atomic E-state index is 12.0. The van der Waals surface area contributed by atoms with Crippen LogP contribution in [0.4, 0.5) is 5.69 Å². The maximum Gasteiger partial charge on any atom is 0.338 e. The fourth-order valence-electron chi connectivity index (χ4n) is 3.85. The van der Waals surface area contributed by atoms with Gasteiger partial charge in [-0.1, -0.05) is 43.5 Å². The van der Waals surface area contributed by atoms with E-state index in [-0.39, 0.29) is 11.3 Å². The van der Waals surface area contributed by atoms with E-state index in [0.717, 1.165) is 36.0 Å². The third-order valence-corrected chi connectivity index (χ3v) is 5.16. The summed E-state index contributed by atoms with van der Waals surface area (Å²) in [4.78, 5) is 23.8. The van der Waals surface area contributed by atoms with Gasteiger partial charge in [0.1, 0.15) is 17.0 Å². The molecule has 0 spiro atoms. The Morgan fingerprint density at radius 3 is 2.59 bits per heavy atom. The molecule has 2 aromatic rings. The highest BCUT2D eigenvalue weighted by atomic mass is 16.5. The molecule has 0 fully saturated rings. The molecule has 1 aliphatic heterocycles. The quantitative estimate of drug-likeness (QED) is 0.493. The largest absolute Gasteiger partial charge is 0.482 e. The average molecular weight is 367 g/mol. The van der Waals surface area contributed by atoms with Crippen LogP contribution in [-0.2, 0) is 12.0 Å². The Morgan fingerprint density at radius 1 is 1.22 bits per heavy atom. The maximum atomic E-state index is 12.0. The second kappa shape index (κ2) is 7.14. The second-order valence-corrected chi connectivity index (χ2v) is 7.65. The van der Waals surface area contributed by atoms with Gasteiger partial charge in [-0.05, 0) is 56.0 Å². The van der Waals surface area contributed by atoms with Crippen LogP contribution < -0.4 is 4.74 Å². The third-order valence-electron chi connectivity index (χ3n) is 5.16. The minimum atomic E-state index is -1.13. The van der Waals surface area contributed by atoms with Gasteiger partial charge >= 0.3 is 5.97 Å². The van der Waals surface area contributed by atoms with Crippen LogP contribution in [0, 0.1) is 11.8 Å². The molecule has 27 heavy (non-hydrogen) atoms. The van der Waals surface area contributed by atoms with Gasteiger partial charge in [0, 0.05) is 5.56 Å². The summed E-state index contributed by atoms with van der Waals surface area (Å²) in [6, 6.07) is 7.71. The number of rotatable bonds is 6. The molecule has 1 heterocycles. The smallest absolute Gasteiger partial charge is 0.338 e. The molecule has 1 aliphatic rings. The van der Waals surface area contributed by atoms with Gasteiger partial charge in [-0.15, -0.1) is 4.91 Å². The average Bonchev–Trinajstić information content (AvgIpc) is 2.59. The molecular weight excluding hydrogens is 342 g/mol. The Labute approximate surface area is 159 Å². The molecule has 0 saturated heterocycles. The van der Waals surface area contributed by atoms with Gasteiger partial charge < -0.3 is 9.84 Å². The van der Waals surface area contributed by atoms with Crippen LogP contribution in [0.2, 0.25) is 0 Å². The molecule has 0 radical (unpaired) electrons. The number of hydrogen-bond donors (Lipinski definition) is 1. The Kier molecular flexibility index (Phi) is 5.05. The molecule has 0 aliphatic carbocycles. The first kappa shape index (κ1) is 19.1. The topological polar surface area (TPSA) is 76.0 Å². The highest BCUT2D eigenvalue weighted by Crippen LogP contribution is 2.51. The molecule has 0 amide bonds. The molecule has 2 aromatic carbocycles. The highest BCUT2D eigenvalue weighted by Gasteiger charge is 2.36. The van der Waals surface area contributed by atoms with Crippen LogP contribution >= 0.6 is 0 Å². The van der Waals surface area contributed by atoms with Gasteiger partial charge in [-0.3, -0.25) is 0 Å². The van der Waals surface area contributed by atoms with Crippen molar-refractivity contribution in [3.05, 3.63) is 51.4 Å². The van der Waals surface area contributed by atoms with Gasteiger partial charge in [0.05, 0.1) is 11.1 Å². The molecule has 142 valence electrons. The van der Waals surface area contributed by atoms with Crippen LogP contribution in [0.1, 0.15) is 67.1 Å². The van der Waals surface area contributed by atoms with Gasteiger partial charge in [0.2, 0.25) is 0 Å². The molecule has 1 N–H and O–H groups in total. The zero-order valence-corrected chi connectivity index (χ0v) is 16.3. The Hall–Kier alpha value is -2.69. The summed E-state index contributed by atoms with van der Waals surface area (Å²) in [5.41, 5.74) is 3.24. The highest BCUT2D eigenvalue weighted by molar-refractivity contribution is 6.02. The van der Waals surface area contributed by atoms with Crippen molar-refractivity contribution >= 4 is 11.7 Å². The van der Waals surface area contributed by atoms with Gasteiger partial charge in [-0.25, -0.2) is 4.79 Å². The molecule has 0 unspecified atom stereocenters. The first-order valence-corrected chi connectivity index (χ1v) is 9.37. The number of ether oxygens (including phenoxy) is 1. The number of unbranched alkanes of at least 4 members (excludes halogenated alkanes) is 2. The Balaban J connectivity index is 2.31. The lowest BCUT2D eigenvalue weighted by molar-refractivity contribution is 0.0696. The standard InChI is InChI=1S/C22H25NO4/c1-5-6-7-8-14-12-17-19(20(23-26)18(14)21(24)25)15-11-13(2)9-10-16(15)22(3,4)27-17/h9-12H,5-8H2,1-4H3,(H,24,25). The van der Waals surface area contributed by atoms with Crippen molar-refractivity contribution < 1.29 is 14.6 Å². The lowest BCUT2D eigenvalue weighted by Gasteiger charge is -2.36. The molecule has 3 rings (SSSR count). The van der Waals surface area contributed by atoms with E-state index < -0.39 is 11.6 Å². The number of fused-ring (bicyclic) bond motifs is 3. The number of benzene rings is 2. The molecule has 0 atom stereocenters.